The van der Waals surface area contributed by atoms with Gasteiger partial charge in [0.25, 0.3) is 5.91 Å². The van der Waals surface area contributed by atoms with Crippen molar-refractivity contribution in [3.63, 3.8) is 0 Å². The summed E-state index contributed by atoms with van der Waals surface area (Å²) in [5, 5.41) is 9.55. The molecule has 40 heavy (non-hydrogen) atoms. The van der Waals surface area contributed by atoms with E-state index in [0.717, 1.165) is 63.3 Å². The van der Waals surface area contributed by atoms with Crippen molar-refractivity contribution in [2.75, 3.05) is 41.7 Å². The lowest BCUT2D eigenvalue weighted by molar-refractivity contribution is 0.0762. The Bertz CT molecular complexity index is 1620. The van der Waals surface area contributed by atoms with E-state index in [1.165, 1.54) is 11.3 Å². The molecule has 11 heteroatoms. The van der Waals surface area contributed by atoms with Crippen LogP contribution in [0.25, 0.3) is 20.8 Å². The highest BCUT2D eigenvalue weighted by atomic mass is 32.1. The van der Waals surface area contributed by atoms with Crippen LogP contribution in [-0.2, 0) is 0 Å². The molecule has 0 spiro atoms. The van der Waals surface area contributed by atoms with Gasteiger partial charge in [0.05, 0.1) is 21.3 Å². The number of benzene rings is 1. The van der Waals surface area contributed by atoms with Crippen molar-refractivity contribution in [2.45, 2.75) is 26.3 Å². The third kappa shape index (κ3) is 5.75. The molecule has 1 aliphatic heterocycles. The lowest BCUT2D eigenvalue weighted by Gasteiger charge is -2.22. The Morgan fingerprint density at radius 2 is 1.93 bits per heavy atom. The summed E-state index contributed by atoms with van der Waals surface area (Å²) in [5.74, 6) is 1.64. The van der Waals surface area contributed by atoms with Crippen molar-refractivity contribution in [3.8, 4) is 10.6 Å². The molecule has 0 unspecified atom stereocenters. The van der Waals surface area contributed by atoms with Gasteiger partial charge in [-0.15, -0.1) is 22.7 Å². The molecule has 5 heterocycles. The third-order valence-electron chi connectivity index (χ3n) is 6.66. The van der Waals surface area contributed by atoms with Gasteiger partial charge >= 0.3 is 0 Å². The minimum Gasteiger partial charge on any atom is -0.382 e. The Kier molecular flexibility index (Phi) is 7.56. The smallest absolute Gasteiger partial charge is 0.273 e. The number of hydrogen-bond donors (Lipinski definition) is 2. The number of hydrogen-bond acceptors (Lipinski definition) is 10. The van der Waals surface area contributed by atoms with Crippen molar-refractivity contribution in [3.05, 3.63) is 71.4 Å². The second-order valence-corrected chi connectivity index (χ2v) is 11.7. The molecule has 204 valence electrons. The predicted molar refractivity (Wildman–Crippen MR) is 164 cm³/mol. The van der Waals surface area contributed by atoms with Crippen LogP contribution in [-0.4, -0.2) is 63.0 Å². The molecule has 1 fully saturated rings. The maximum atomic E-state index is 13.4. The number of anilines is 4. The van der Waals surface area contributed by atoms with Crippen LogP contribution in [0.4, 0.5) is 23.0 Å². The van der Waals surface area contributed by atoms with Crippen LogP contribution in [0.15, 0.2) is 65.7 Å². The Morgan fingerprint density at radius 1 is 1.00 bits per heavy atom. The summed E-state index contributed by atoms with van der Waals surface area (Å²) in [5.41, 5.74) is 6.05. The largest absolute Gasteiger partial charge is 0.382 e. The molecular weight excluding hydrogens is 541 g/mol. The quantitative estimate of drug-likeness (QED) is 0.241. The van der Waals surface area contributed by atoms with Gasteiger partial charge in [0.15, 0.2) is 0 Å². The van der Waals surface area contributed by atoms with Crippen LogP contribution in [0.3, 0.4) is 0 Å². The summed E-state index contributed by atoms with van der Waals surface area (Å²) in [4.78, 5) is 35.8. The number of fused-ring (bicyclic) bond motifs is 1. The number of aromatic nitrogens is 4. The van der Waals surface area contributed by atoms with Crippen molar-refractivity contribution < 1.29 is 4.79 Å². The first-order valence-electron chi connectivity index (χ1n) is 13.3. The lowest BCUT2D eigenvalue weighted by Crippen LogP contribution is -2.35. The van der Waals surface area contributed by atoms with E-state index in [2.05, 4.69) is 50.4 Å². The summed E-state index contributed by atoms with van der Waals surface area (Å²) in [6.45, 7) is 7.15. The molecule has 9 nitrogen and oxygen atoms in total. The Morgan fingerprint density at radius 3 is 2.77 bits per heavy atom. The number of pyridine rings is 2. The van der Waals surface area contributed by atoms with E-state index in [9.17, 15) is 4.79 Å². The van der Waals surface area contributed by atoms with Gasteiger partial charge in [0.2, 0.25) is 0 Å². The number of nitrogens with zero attached hydrogens (tertiary/aromatic N) is 6. The first kappa shape index (κ1) is 26.1. The number of amides is 1. The van der Waals surface area contributed by atoms with E-state index in [-0.39, 0.29) is 11.9 Å². The molecular formula is C29H30N8OS2. The monoisotopic (exact) mass is 570 g/mol. The van der Waals surface area contributed by atoms with E-state index in [0.29, 0.717) is 18.8 Å². The normalized spacial score (nSPS) is 14.0. The van der Waals surface area contributed by atoms with Gasteiger partial charge in [-0.05, 0) is 50.6 Å². The van der Waals surface area contributed by atoms with E-state index < -0.39 is 0 Å². The molecule has 0 radical (unpaired) electrons. The molecule has 4 aromatic heterocycles. The highest BCUT2D eigenvalue weighted by molar-refractivity contribution is 7.16. The van der Waals surface area contributed by atoms with Gasteiger partial charge in [-0.1, -0.05) is 6.07 Å². The molecule has 5 aromatic rings. The molecule has 0 bridgehead atoms. The van der Waals surface area contributed by atoms with E-state index in [1.807, 2.05) is 58.4 Å². The summed E-state index contributed by atoms with van der Waals surface area (Å²) < 4.78 is 1.12. The van der Waals surface area contributed by atoms with Gasteiger partial charge in [-0.25, -0.2) is 19.9 Å². The standard InChI is InChI=1S/C29H30N8OS2/c1-19(2)33-23-15-26(34-20-7-8-22-25(14-20)40-18-32-22)31-16-21(23)28-35-24(17-39-28)29(38)37-11-5-10-36(12-13-37)27-6-3-4-9-30-27/h3-4,6-9,14-19H,5,10-13H2,1-2H3,(H2,31,33,34). The fraction of sp³-hybridized carbons (Fsp3) is 0.276. The van der Waals surface area contributed by atoms with E-state index in [4.69, 9.17) is 4.98 Å². The lowest BCUT2D eigenvalue weighted by atomic mass is 10.2. The SMILES string of the molecule is CC(C)Nc1cc(Nc2ccc3ncsc3c2)ncc1-c1nc(C(=O)N2CCCN(c3ccccn3)CC2)cs1. The average Bonchev–Trinajstić information content (AvgIpc) is 3.57. The summed E-state index contributed by atoms with van der Waals surface area (Å²) >= 11 is 3.08. The van der Waals surface area contributed by atoms with E-state index in [1.54, 1.807) is 17.5 Å². The molecule has 2 N–H and O–H groups in total. The molecule has 6 rings (SSSR count). The van der Waals surface area contributed by atoms with Crippen molar-refractivity contribution >= 4 is 61.8 Å². The highest BCUT2D eigenvalue weighted by Crippen LogP contribution is 2.33. The minimum absolute atomic E-state index is 0.0338. The molecule has 1 saturated heterocycles. The fourth-order valence-corrected chi connectivity index (χ4v) is 6.29. The Hall–Kier alpha value is -4.09. The van der Waals surface area contributed by atoms with E-state index >= 15 is 0 Å². The Labute approximate surface area is 241 Å². The van der Waals surface area contributed by atoms with Gasteiger partial charge in [0.1, 0.15) is 22.3 Å². The van der Waals surface area contributed by atoms with Gasteiger partial charge in [0, 0.05) is 67.4 Å². The van der Waals surface area contributed by atoms with Crippen LogP contribution in [0.2, 0.25) is 0 Å². The minimum atomic E-state index is -0.0338. The molecule has 1 amide bonds. The summed E-state index contributed by atoms with van der Waals surface area (Å²) in [7, 11) is 0. The number of thiazole rings is 2. The third-order valence-corrected chi connectivity index (χ3v) is 8.33. The van der Waals surface area contributed by atoms with Crippen LogP contribution in [0.1, 0.15) is 30.8 Å². The van der Waals surface area contributed by atoms with Crippen LogP contribution >= 0.6 is 22.7 Å². The average molecular weight is 571 g/mol. The topological polar surface area (TPSA) is 99.2 Å². The second kappa shape index (κ2) is 11.6. The highest BCUT2D eigenvalue weighted by Gasteiger charge is 2.24. The maximum Gasteiger partial charge on any atom is 0.273 e. The number of carbonyl (C=O) groups is 1. The van der Waals surface area contributed by atoms with Gasteiger partial charge < -0.3 is 20.4 Å². The molecule has 1 aromatic carbocycles. The second-order valence-electron chi connectivity index (χ2n) is 9.93. The molecule has 0 aliphatic carbocycles. The fourth-order valence-electron chi connectivity index (χ4n) is 4.75. The van der Waals surface area contributed by atoms with Gasteiger partial charge in [-0.2, -0.15) is 0 Å². The zero-order valence-electron chi connectivity index (χ0n) is 22.4. The number of rotatable bonds is 7. The zero-order chi connectivity index (χ0) is 27.5. The van der Waals surface area contributed by atoms with Crippen molar-refractivity contribution in [1.29, 1.82) is 0 Å². The zero-order valence-corrected chi connectivity index (χ0v) is 24.0. The number of nitrogens with one attached hydrogen (secondary N) is 2. The number of carbonyl (C=O) groups excluding carboxylic acids is 1. The Balaban J connectivity index is 1.19. The molecule has 0 atom stereocenters. The maximum absolute atomic E-state index is 13.4. The first-order chi connectivity index (χ1) is 19.5. The first-order valence-corrected chi connectivity index (χ1v) is 15.1. The van der Waals surface area contributed by atoms with Crippen LogP contribution in [0, 0.1) is 0 Å². The molecule has 1 aliphatic rings. The van der Waals surface area contributed by atoms with Crippen molar-refractivity contribution in [1.82, 2.24) is 24.8 Å². The summed E-state index contributed by atoms with van der Waals surface area (Å²) in [6, 6.07) is 14.2. The predicted octanol–water partition coefficient (Wildman–Crippen LogP) is 6.13. The van der Waals surface area contributed by atoms with Gasteiger partial charge in [-0.3, -0.25) is 4.79 Å². The molecule has 0 saturated carbocycles. The van der Waals surface area contributed by atoms with Crippen LogP contribution in [0.5, 0.6) is 0 Å². The summed E-state index contributed by atoms with van der Waals surface area (Å²) in [6.07, 6.45) is 4.51. The van der Waals surface area contributed by atoms with Crippen molar-refractivity contribution in [2.24, 2.45) is 0 Å². The van der Waals surface area contributed by atoms with Crippen LogP contribution < -0.4 is 15.5 Å².